The van der Waals surface area contributed by atoms with Crippen LogP contribution in [0.15, 0.2) is 54.6 Å². The van der Waals surface area contributed by atoms with E-state index in [-0.39, 0.29) is 17.7 Å². The summed E-state index contributed by atoms with van der Waals surface area (Å²) >= 11 is 5.82. The van der Waals surface area contributed by atoms with Crippen LogP contribution >= 0.6 is 11.6 Å². The Hall–Kier alpha value is -2.15. The summed E-state index contributed by atoms with van der Waals surface area (Å²) in [6.45, 7) is 3.93. The molecule has 0 fully saturated rings. The summed E-state index contributed by atoms with van der Waals surface area (Å²) in [6.07, 6.45) is 3.17. The van der Waals surface area contributed by atoms with Gasteiger partial charge >= 0.3 is 0 Å². The normalized spacial score (nSPS) is 11.9. The average molecular weight is 407 g/mol. The van der Waals surface area contributed by atoms with Crippen LogP contribution in [0.4, 0.5) is 0 Å². The van der Waals surface area contributed by atoms with Crippen molar-refractivity contribution in [3.8, 4) is 0 Å². The third kappa shape index (κ3) is 7.95. The van der Waals surface area contributed by atoms with Crippen molar-refractivity contribution in [1.82, 2.24) is 10.0 Å². The van der Waals surface area contributed by atoms with Gasteiger partial charge < -0.3 is 5.32 Å². The highest BCUT2D eigenvalue weighted by molar-refractivity contribution is 7.88. The number of hydrogen-bond acceptors (Lipinski definition) is 3. The first-order valence-corrected chi connectivity index (χ1v) is 10.6. The van der Waals surface area contributed by atoms with Gasteiger partial charge in [-0.15, -0.1) is 0 Å². The van der Waals surface area contributed by atoms with Crippen LogP contribution in [0.25, 0.3) is 6.08 Å². The van der Waals surface area contributed by atoms with E-state index in [4.69, 9.17) is 11.6 Å². The molecule has 0 aliphatic heterocycles. The zero-order chi connectivity index (χ0) is 19.9. The molecule has 2 N–H and O–H groups in total. The van der Waals surface area contributed by atoms with Crippen molar-refractivity contribution in [3.05, 3.63) is 76.3 Å². The number of carbonyl (C=O) groups is 1. The van der Waals surface area contributed by atoms with Gasteiger partial charge in [0.1, 0.15) is 0 Å². The average Bonchev–Trinajstić information content (AvgIpc) is 2.59. The summed E-state index contributed by atoms with van der Waals surface area (Å²) in [5, 5.41) is 3.44. The van der Waals surface area contributed by atoms with Crippen LogP contribution < -0.4 is 10.0 Å². The van der Waals surface area contributed by atoms with Gasteiger partial charge in [-0.05, 0) is 48.7 Å². The molecule has 144 valence electrons. The largest absolute Gasteiger partial charge is 0.348 e. The fraction of sp³-hybridized carbons (Fsp3) is 0.250. The van der Waals surface area contributed by atoms with Crippen LogP contribution in [0.2, 0.25) is 5.02 Å². The molecule has 27 heavy (non-hydrogen) atoms. The number of amides is 1. The first-order chi connectivity index (χ1) is 12.7. The maximum absolute atomic E-state index is 11.9. The van der Waals surface area contributed by atoms with Crippen molar-refractivity contribution in [2.45, 2.75) is 32.2 Å². The predicted molar refractivity (Wildman–Crippen MR) is 110 cm³/mol. The van der Waals surface area contributed by atoms with Crippen molar-refractivity contribution in [1.29, 1.82) is 0 Å². The summed E-state index contributed by atoms with van der Waals surface area (Å²) in [5.41, 5.74) is 2.47. The number of sulfonamides is 1. The zero-order valence-corrected chi connectivity index (χ0v) is 16.8. The molecule has 0 unspecified atom stereocenters. The first-order valence-electron chi connectivity index (χ1n) is 8.53. The molecule has 7 heteroatoms. The van der Waals surface area contributed by atoms with Crippen molar-refractivity contribution in [2.24, 2.45) is 0 Å². The third-order valence-electron chi connectivity index (χ3n) is 3.56. The standard InChI is InChI=1S/C20H23ClN2O3S/c1-15(2)23-27(25,26)14-18-5-3-17(4-6-18)13-22-20(24)12-9-16-7-10-19(21)11-8-16/h3-12,15,23H,13-14H2,1-2H3,(H,22,24)/b12-9+. The van der Waals surface area contributed by atoms with E-state index in [1.54, 1.807) is 44.2 Å². The van der Waals surface area contributed by atoms with Crippen LogP contribution in [0.1, 0.15) is 30.5 Å². The van der Waals surface area contributed by atoms with Gasteiger partial charge in [0.05, 0.1) is 5.75 Å². The van der Waals surface area contributed by atoms with E-state index in [1.165, 1.54) is 6.08 Å². The second-order valence-electron chi connectivity index (χ2n) is 6.45. The molecule has 0 radical (unpaired) electrons. The maximum atomic E-state index is 11.9. The Balaban J connectivity index is 1.85. The van der Waals surface area contributed by atoms with Gasteiger partial charge in [0.15, 0.2) is 0 Å². The van der Waals surface area contributed by atoms with Crippen LogP contribution in [-0.2, 0) is 27.1 Å². The molecule has 2 aromatic rings. The van der Waals surface area contributed by atoms with E-state index in [2.05, 4.69) is 10.0 Å². The molecule has 0 aliphatic rings. The molecule has 0 atom stereocenters. The number of carbonyl (C=O) groups excluding carboxylic acids is 1. The van der Waals surface area contributed by atoms with Gasteiger partial charge in [0.25, 0.3) is 0 Å². The minimum atomic E-state index is -3.35. The molecule has 1 amide bonds. The molecule has 0 aromatic heterocycles. The van der Waals surface area contributed by atoms with Gasteiger partial charge in [-0.2, -0.15) is 0 Å². The Kier molecular flexibility index (Phi) is 7.59. The Morgan fingerprint density at radius 1 is 1.04 bits per heavy atom. The van der Waals surface area contributed by atoms with E-state index in [9.17, 15) is 13.2 Å². The summed E-state index contributed by atoms with van der Waals surface area (Å²) in [4.78, 5) is 11.9. The summed E-state index contributed by atoms with van der Waals surface area (Å²) < 4.78 is 26.4. The maximum Gasteiger partial charge on any atom is 0.244 e. The SMILES string of the molecule is CC(C)NS(=O)(=O)Cc1ccc(CNC(=O)/C=C/c2ccc(Cl)cc2)cc1. The molecule has 0 bridgehead atoms. The Morgan fingerprint density at radius 2 is 1.63 bits per heavy atom. The second-order valence-corrected chi connectivity index (χ2v) is 8.64. The number of halogens is 1. The van der Waals surface area contributed by atoms with E-state index in [0.29, 0.717) is 17.1 Å². The van der Waals surface area contributed by atoms with Crippen molar-refractivity contribution >= 4 is 33.6 Å². The highest BCUT2D eigenvalue weighted by atomic mass is 35.5. The van der Waals surface area contributed by atoms with Crippen LogP contribution in [0, 0.1) is 0 Å². The molecule has 0 spiro atoms. The molecule has 0 saturated heterocycles. The highest BCUT2D eigenvalue weighted by Gasteiger charge is 2.12. The smallest absolute Gasteiger partial charge is 0.244 e. The summed E-state index contributed by atoms with van der Waals surface area (Å²) in [6, 6.07) is 14.2. The third-order valence-corrected chi connectivity index (χ3v) is 5.35. The molecule has 2 aromatic carbocycles. The fourth-order valence-corrected chi connectivity index (χ4v) is 3.93. The van der Waals surface area contributed by atoms with Crippen molar-refractivity contribution in [2.75, 3.05) is 0 Å². The van der Waals surface area contributed by atoms with Crippen molar-refractivity contribution in [3.63, 3.8) is 0 Å². The lowest BCUT2D eigenvalue weighted by Crippen LogP contribution is -2.31. The topological polar surface area (TPSA) is 75.3 Å². The zero-order valence-electron chi connectivity index (χ0n) is 15.3. The highest BCUT2D eigenvalue weighted by Crippen LogP contribution is 2.11. The van der Waals surface area contributed by atoms with E-state index < -0.39 is 10.0 Å². The number of rotatable bonds is 8. The van der Waals surface area contributed by atoms with E-state index >= 15 is 0 Å². The van der Waals surface area contributed by atoms with Gasteiger partial charge in [0.2, 0.25) is 15.9 Å². The van der Waals surface area contributed by atoms with Gasteiger partial charge in [-0.25, -0.2) is 13.1 Å². The summed E-state index contributed by atoms with van der Waals surface area (Å²) in [5.74, 6) is -0.278. The van der Waals surface area contributed by atoms with Gasteiger partial charge in [-0.3, -0.25) is 4.79 Å². The lowest BCUT2D eigenvalue weighted by molar-refractivity contribution is -0.116. The van der Waals surface area contributed by atoms with Crippen LogP contribution in [-0.4, -0.2) is 20.4 Å². The van der Waals surface area contributed by atoms with E-state index in [0.717, 1.165) is 11.1 Å². The molecular weight excluding hydrogens is 384 g/mol. The Labute approximate surface area is 165 Å². The Morgan fingerprint density at radius 3 is 2.22 bits per heavy atom. The number of hydrogen-bond donors (Lipinski definition) is 2. The fourth-order valence-electron chi connectivity index (χ4n) is 2.37. The molecule has 0 aliphatic carbocycles. The molecule has 0 saturated carbocycles. The monoisotopic (exact) mass is 406 g/mol. The number of nitrogens with one attached hydrogen (secondary N) is 2. The lowest BCUT2D eigenvalue weighted by Gasteiger charge is -2.10. The van der Waals surface area contributed by atoms with E-state index in [1.807, 2.05) is 24.3 Å². The Bertz CT molecular complexity index is 890. The van der Waals surface area contributed by atoms with Gasteiger partial charge in [-0.1, -0.05) is 48.0 Å². The van der Waals surface area contributed by atoms with Crippen LogP contribution in [0.3, 0.4) is 0 Å². The van der Waals surface area contributed by atoms with Gasteiger partial charge in [0, 0.05) is 23.7 Å². The minimum Gasteiger partial charge on any atom is -0.348 e. The molecule has 0 heterocycles. The molecule has 5 nitrogen and oxygen atoms in total. The predicted octanol–water partition coefficient (Wildman–Crippen LogP) is 3.50. The molecule has 2 rings (SSSR count). The molecular formula is C20H23ClN2O3S. The van der Waals surface area contributed by atoms with Crippen LogP contribution in [0.5, 0.6) is 0 Å². The second kappa shape index (κ2) is 9.69. The summed E-state index contributed by atoms with van der Waals surface area (Å²) in [7, 11) is -3.35. The minimum absolute atomic E-state index is 0.0678. The first kappa shape index (κ1) is 21.2. The lowest BCUT2D eigenvalue weighted by atomic mass is 10.1. The van der Waals surface area contributed by atoms with Crippen molar-refractivity contribution < 1.29 is 13.2 Å². The number of benzene rings is 2. The quantitative estimate of drug-likeness (QED) is 0.659.